The zero-order chi connectivity index (χ0) is 15.4. The van der Waals surface area contributed by atoms with Crippen molar-refractivity contribution >= 4 is 5.91 Å². The van der Waals surface area contributed by atoms with Crippen molar-refractivity contribution in [3.63, 3.8) is 0 Å². The van der Waals surface area contributed by atoms with Crippen LogP contribution in [0.1, 0.15) is 41.4 Å². The standard InChI is InChI=1S/C18H20FNO/c1-12(2)17(14-7-9-16(19)10-8-14)20-18(21)15-6-4-5-13(3)11-15/h4-12,17H,1-3H3,(H,20,21)/t17-/m1/s1. The van der Waals surface area contributed by atoms with Crippen LogP contribution in [0.4, 0.5) is 4.39 Å². The lowest BCUT2D eigenvalue weighted by Crippen LogP contribution is -2.31. The summed E-state index contributed by atoms with van der Waals surface area (Å²) in [4.78, 5) is 12.4. The molecule has 110 valence electrons. The molecule has 0 saturated heterocycles. The number of carbonyl (C=O) groups is 1. The summed E-state index contributed by atoms with van der Waals surface area (Å²) in [5.74, 6) is -0.169. The van der Waals surface area contributed by atoms with Gasteiger partial charge in [0.05, 0.1) is 6.04 Å². The summed E-state index contributed by atoms with van der Waals surface area (Å²) in [7, 11) is 0. The van der Waals surface area contributed by atoms with E-state index >= 15 is 0 Å². The van der Waals surface area contributed by atoms with E-state index in [4.69, 9.17) is 0 Å². The third-order valence-electron chi connectivity index (χ3n) is 3.46. The van der Waals surface area contributed by atoms with Gasteiger partial charge in [0.15, 0.2) is 0 Å². The first kappa shape index (κ1) is 15.2. The molecule has 0 aliphatic carbocycles. The lowest BCUT2D eigenvalue weighted by Gasteiger charge is -2.23. The van der Waals surface area contributed by atoms with Gasteiger partial charge in [-0.3, -0.25) is 4.79 Å². The molecular formula is C18H20FNO. The first-order chi connectivity index (χ1) is 9.97. The number of amides is 1. The summed E-state index contributed by atoms with van der Waals surface area (Å²) in [6, 6.07) is 13.6. The van der Waals surface area contributed by atoms with Gasteiger partial charge in [0, 0.05) is 5.56 Å². The predicted molar refractivity (Wildman–Crippen MR) is 82.6 cm³/mol. The SMILES string of the molecule is Cc1cccc(C(=O)N[C@@H](c2ccc(F)cc2)C(C)C)c1. The van der Waals surface area contributed by atoms with E-state index in [1.54, 1.807) is 18.2 Å². The maximum Gasteiger partial charge on any atom is 0.251 e. The van der Waals surface area contributed by atoms with Crippen LogP contribution in [0.25, 0.3) is 0 Å². The quantitative estimate of drug-likeness (QED) is 0.893. The van der Waals surface area contributed by atoms with Crippen molar-refractivity contribution in [2.24, 2.45) is 5.92 Å². The Balaban J connectivity index is 2.20. The number of benzene rings is 2. The van der Waals surface area contributed by atoms with Crippen LogP contribution in [0.3, 0.4) is 0 Å². The number of carbonyl (C=O) groups excluding carboxylic acids is 1. The monoisotopic (exact) mass is 285 g/mol. The van der Waals surface area contributed by atoms with Gasteiger partial charge in [-0.05, 0) is 42.7 Å². The first-order valence-corrected chi connectivity index (χ1v) is 7.10. The highest BCUT2D eigenvalue weighted by Crippen LogP contribution is 2.22. The van der Waals surface area contributed by atoms with E-state index in [9.17, 15) is 9.18 Å². The Kier molecular flexibility index (Phi) is 4.73. The molecule has 1 atom stereocenters. The van der Waals surface area contributed by atoms with Crippen LogP contribution in [0.5, 0.6) is 0 Å². The second-order valence-electron chi connectivity index (χ2n) is 5.62. The fourth-order valence-electron chi connectivity index (χ4n) is 2.32. The largest absolute Gasteiger partial charge is 0.345 e. The minimum atomic E-state index is -0.272. The Morgan fingerprint density at radius 2 is 1.76 bits per heavy atom. The van der Waals surface area contributed by atoms with E-state index in [2.05, 4.69) is 5.32 Å². The van der Waals surface area contributed by atoms with Crippen LogP contribution < -0.4 is 5.32 Å². The van der Waals surface area contributed by atoms with Gasteiger partial charge in [-0.1, -0.05) is 43.7 Å². The van der Waals surface area contributed by atoms with Crippen molar-refractivity contribution in [1.29, 1.82) is 0 Å². The molecule has 2 nitrogen and oxygen atoms in total. The van der Waals surface area contributed by atoms with Crippen molar-refractivity contribution < 1.29 is 9.18 Å². The zero-order valence-electron chi connectivity index (χ0n) is 12.6. The smallest absolute Gasteiger partial charge is 0.251 e. The van der Waals surface area contributed by atoms with Crippen molar-refractivity contribution in [1.82, 2.24) is 5.32 Å². The second-order valence-corrected chi connectivity index (χ2v) is 5.62. The highest BCUT2D eigenvalue weighted by Gasteiger charge is 2.19. The molecule has 0 bridgehead atoms. The molecule has 0 aromatic heterocycles. The number of hydrogen-bond acceptors (Lipinski definition) is 1. The molecule has 0 aliphatic rings. The van der Waals surface area contributed by atoms with Crippen molar-refractivity contribution in [3.05, 3.63) is 71.0 Å². The predicted octanol–water partition coefficient (Wildman–Crippen LogP) is 4.26. The lowest BCUT2D eigenvalue weighted by molar-refractivity contribution is 0.0925. The lowest BCUT2D eigenvalue weighted by atomic mass is 9.95. The van der Waals surface area contributed by atoms with E-state index in [1.807, 2.05) is 39.0 Å². The molecule has 1 amide bonds. The average molecular weight is 285 g/mol. The normalized spacial score (nSPS) is 12.2. The van der Waals surface area contributed by atoms with E-state index in [0.29, 0.717) is 5.56 Å². The van der Waals surface area contributed by atoms with Crippen LogP contribution in [0.15, 0.2) is 48.5 Å². The molecule has 2 rings (SSSR count). The molecule has 0 saturated carbocycles. The van der Waals surface area contributed by atoms with Crippen LogP contribution in [0, 0.1) is 18.7 Å². The van der Waals surface area contributed by atoms with Gasteiger partial charge in [0.25, 0.3) is 5.91 Å². The van der Waals surface area contributed by atoms with Gasteiger partial charge in [-0.2, -0.15) is 0 Å². The minimum Gasteiger partial charge on any atom is -0.345 e. The molecule has 1 N–H and O–H groups in total. The van der Waals surface area contributed by atoms with E-state index < -0.39 is 0 Å². The molecule has 21 heavy (non-hydrogen) atoms. The Morgan fingerprint density at radius 3 is 2.33 bits per heavy atom. The molecule has 0 radical (unpaired) electrons. The van der Waals surface area contributed by atoms with Gasteiger partial charge >= 0.3 is 0 Å². The summed E-state index contributed by atoms with van der Waals surface area (Å²) in [6.45, 7) is 6.02. The summed E-state index contributed by atoms with van der Waals surface area (Å²) in [5.41, 5.74) is 2.60. The van der Waals surface area contributed by atoms with Crippen LogP contribution in [-0.4, -0.2) is 5.91 Å². The fourth-order valence-corrected chi connectivity index (χ4v) is 2.32. The van der Waals surface area contributed by atoms with E-state index in [1.165, 1.54) is 12.1 Å². The number of rotatable bonds is 4. The van der Waals surface area contributed by atoms with Crippen molar-refractivity contribution in [3.8, 4) is 0 Å². The van der Waals surface area contributed by atoms with E-state index in [0.717, 1.165) is 11.1 Å². The van der Waals surface area contributed by atoms with Gasteiger partial charge in [-0.25, -0.2) is 4.39 Å². The fraction of sp³-hybridized carbons (Fsp3) is 0.278. The first-order valence-electron chi connectivity index (χ1n) is 7.10. The Morgan fingerprint density at radius 1 is 1.10 bits per heavy atom. The Labute approximate surface area is 125 Å². The summed E-state index contributed by atoms with van der Waals surface area (Å²) in [6.07, 6.45) is 0. The third-order valence-corrected chi connectivity index (χ3v) is 3.46. The van der Waals surface area contributed by atoms with Crippen LogP contribution in [-0.2, 0) is 0 Å². The van der Waals surface area contributed by atoms with Crippen LogP contribution in [0.2, 0.25) is 0 Å². The summed E-state index contributed by atoms with van der Waals surface area (Å²) < 4.78 is 13.0. The molecule has 2 aromatic rings. The van der Waals surface area contributed by atoms with Crippen molar-refractivity contribution in [2.45, 2.75) is 26.8 Å². The second kappa shape index (κ2) is 6.53. The maximum atomic E-state index is 13.0. The highest BCUT2D eigenvalue weighted by molar-refractivity contribution is 5.94. The minimum absolute atomic E-state index is 0.110. The van der Waals surface area contributed by atoms with Gasteiger partial charge in [0.2, 0.25) is 0 Å². The van der Waals surface area contributed by atoms with E-state index in [-0.39, 0.29) is 23.7 Å². The maximum absolute atomic E-state index is 13.0. The molecule has 2 aromatic carbocycles. The van der Waals surface area contributed by atoms with Crippen LogP contribution >= 0.6 is 0 Å². The van der Waals surface area contributed by atoms with Gasteiger partial charge in [0.1, 0.15) is 5.82 Å². The van der Waals surface area contributed by atoms with Gasteiger partial charge in [-0.15, -0.1) is 0 Å². The molecule has 0 heterocycles. The number of halogens is 1. The molecule has 0 unspecified atom stereocenters. The molecular weight excluding hydrogens is 265 g/mol. The third kappa shape index (κ3) is 3.91. The zero-order valence-corrected chi connectivity index (χ0v) is 12.6. The topological polar surface area (TPSA) is 29.1 Å². The number of aryl methyl sites for hydroxylation is 1. The molecule has 3 heteroatoms. The number of hydrogen-bond donors (Lipinski definition) is 1. The van der Waals surface area contributed by atoms with Crippen molar-refractivity contribution in [2.75, 3.05) is 0 Å². The molecule has 0 fully saturated rings. The Bertz CT molecular complexity index is 619. The van der Waals surface area contributed by atoms with Gasteiger partial charge < -0.3 is 5.32 Å². The molecule has 0 spiro atoms. The average Bonchev–Trinajstić information content (AvgIpc) is 2.45. The Hall–Kier alpha value is -2.16. The highest BCUT2D eigenvalue weighted by atomic mass is 19.1. The summed E-state index contributed by atoms with van der Waals surface area (Å²) in [5, 5.41) is 3.03. The molecule has 0 aliphatic heterocycles. The number of nitrogens with one attached hydrogen (secondary N) is 1. The summed E-state index contributed by atoms with van der Waals surface area (Å²) >= 11 is 0.